The van der Waals surface area contributed by atoms with Crippen molar-refractivity contribution in [1.29, 1.82) is 0 Å². The first-order valence-corrected chi connectivity index (χ1v) is 3.70. The lowest BCUT2D eigenvalue weighted by molar-refractivity contribution is -0.136. The van der Waals surface area contributed by atoms with Gasteiger partial charge in [-0.1, -0.05) is 6.92 Å². The van der Waals surface area contributed by atoms with E-state index in [2.05, 4.69) is 0 Å². The van der Waals surface area contributed by atoms with Crippen molar-refractivity contribution in [2.24, 2.45) is 0 Å². The third-order valence-electron chi connectivity index (χ3n) is 0.926. The van der Waals surface area contributed by atoms with Crippen LogP contribution in [-0.4, -0.2) is 16.7 Å². The molecule has 0 aromatic rings. The molecule has 0 unspecified atom stereocenters. The van der Waals surface area contributed by atoms with Crippen molar-refractivity contribution in [3.05, 3.63) is 0 Å². The minimum absolute atomic E-state index is 0.133. The van der Waals surface area contributed by atoms with Crippen molar-refractivity contribution in [2.45, 2.75) is 19.0 Å². The highest BCUT2D eigenvalue weighted by Crippen LogP contribution is 2.17. The van der Waals surface area contributed by atoms with Gasteiger partial charge in [0.25, 0.3) is 0 Å². The second-order valence-electron chi connectivity index (χ2n) is 1.55. The van der Waals surface area contributed by atoms with Crippen LogP contribution in [0.5, 0.6) is 0 Å². The molecule has 1 atom stereocenters. The Kier molecular flexibility index (Phi) is 3.17. The number of carboxylic acids is 1. The van der Waals surface area contributed by atoms with Crippen LogP contribution in [0.2, 0.25) is 0 Å². The van der Waals surface area contributed by atoms with Crippen LogP contribution in [0.25, 0.3) is 0 Å². The molecule has 0 spiro atoms. The topological polar surface area (TPSA) is 71.4 Å². The summed E-state index contributed by atoms with van der Waals surface area (Å²) >= 11 is 0. The molecule has 5 heteroatoms. The first kappa shape index (κ1) is 8.37. The molecule has 9 heavy (non-hydrogen) atoms. The Morgan fingerprint density at radius 3 is 2.11 bits per heavy atom. The predicted octanol–water partition coefficient (Wildman–Crippen LogP) is 1.02. The van der Waals surface area contributed by atoms with Crippen LogP contribution in [-0.2, 0) is 13.9 Å². The van der Waals surface area contributed by atoms with Crippen molar-refractivity contribution in [3.63, 3.8) is 0 Å². The third kappa shape index (κ3) is 2.42. The first-order valence-electron chi connectivity index (χ1n) is 2.46. The van der Waals surface area contributed by atoms with Crippen LogP contribution in [0.15, 0.2) is 0 Å². The van der Waals surface area contributed by atoms with E-state index in [1.807, 2.05) is 0 Å². The highest BCUT2D eigenvalue weighted by atomic mass is 31.1. The van der Waals surface area contributed by atoms with Crippen LogP contribution >= 0.6 is 7.68 Å². The van der Waals surface area contributed by atoms with Crippen molar-refractivity contribution in [2.75, 3.05) is 0 Å². The summed E-state index contributed by atoms with van der Waals surface area (Å²) in [5.41, 5.74) is -1.21. The first-order chi connectivity index (χ1) is 4.09. The van der Waals surface area contributed by atoms with Gasteiger partial charge in [0.2, 0.25) is 0 Å². The van der Waals surface area contributed by atoms with Crippen molar-refractivity contribution >= 4 is 13.6 Å². The maximum Gasteiger partial charge on any atom is 0.330 e. The van der Waals surface area contributed by atoms with E-state index in [0.717, 1.165) is 0 Å². The molecule has 0 aliphatic heterocycles. The number of carboxylic acid groups (broad SMARTS) is 1. The molecule has 0 radical (unpaired) electrons. The fraction of sp³-hybridized carbons (Fsp3) is 0.750. The number of hydrogen-bond acceptors (Lipinski definition) is 3. The highest BCUT2D eigenvalue weighted by Gasteiger charge is 2.20. The van der Waals surface area contributed by atoms with E-state index in [4.69, 9.17) is 5.11 Å². The quantitative estimate of drug-likeness (QED) is 0.609. The molecular weight excluding hydrogens is 143 g/mol. The highest BCUT2D eigenvalue weighted by molar-refractivity contribution is 7.33. The predicted molar refractivity (Wildman–Crippen MR) is 30.0 cm³/mol. The lowest BCUT2D eigenvalue weighted by Crippen LogP contribution is -2.12. The molecular formula is C4H7O4P. The van der Waals surface area contributed by atoms with Crippen LogP contribution in [0, 0.1) is 0 Å². The molecule has 0 bridgehead atoms. The summed E-state index contributed by atoms with van der Waals surface area (Å²) < 4.78 is 20.1. The molecule has 0 fully saturated rings. The molecule has 0 saturated heterocycles. The maximum absolute atomic E-state index is 10.0. The number of hydrogen-bond donors (Lipinski definition) is 1. The van der Waals surface area contributed by atoms with Gasteiger partial charge < -0.3 is 5.11 Å². The maximum atomic E-state index is 10.0. The van der Waals surface area contributed by atoms with Gasteiger partial charge in [-0.05, 0) is 6.42 Å². The zero-order valence-corrected chi connectivity index (χ0v) is 5.80. The lowest BCUT2D eigenvalue weighted by atomic mass is 10.3. The molecule has 4 nitrogen and oxygen atoms in total. The molecule has 0 aromatic heterocycles. The van der Waals surface area contributed by atoms with E-state index in [0.29, 0.717) is 0 Å². The third-order valence-corrected chi connectivity index (χ3v) is 2.02. The Balaban J connectivity index is 4.16. The van der Waals surface area contributed by atoms with E-state index in [1.165, 1.54) is 6.92 Å². The van der Waals surface area contributed by atoms with E-state index in [9.17, 15) is 13.9 Å². The standard InChI is InChI=1S/C4H7O4P/c1-2-3(4(5)6)9(7)8/h3H,2H2,1H3,(H,5,6)/t3-/m0/s1. The van der Waals surface area contributed by atoms with E-state index in [-0.39, 0.29) is 6.42 Å². The van der Waals surface area contributed by atoms with Crippen molar-refractivity contribution in [1.82, 2.24) is 0 Å². The minimum atomic E-state index is -2.80. The smallest absolute Gasteiger partial charge is 0.330 e. The summed E-state index contributed by atoms with van der Waals surface area (Å²) in [6.07, 6.45) is 0.133. The number of rotatable bonds is 3. The van der Waals surface area contributed by atoms with Crippen molar-refractivity contribution in [3.8, 4) is 0 Å². The second-order valence-corrected chi connectivity index (χ2v) is 2.74. The molecule has 0 heterocycles. The Bertz CT molecular complexity index is 163. The Labute approximate surface area is 52.7 Å². The van der Waals surface area contributed by atoms with Gasteiger partial charge >= 0.3 is 13.6 Å². The van der Waals surface area contributed by atoms with Crippen LogP contribution in [0.3, 0.4) is 0 Å². The number of aliphatic carboxylic acids is 1. The van der Waals surface area contributed by atoms with Gasteiger partial charge in [-0.2, -0.15) is 0 Å². The van der Waals surface area contributed by atoms with Gasteiger partial charge in [0.05, 0.1) is 0 Å². The Morgan fingerprint density at radius 2 is 2.11 bits per heavy atom. The van der Waals surface area contributed by atoms with Crippen LogP contribution in [0.4, 0.5) is 0 Å². The Morgan fingerprint density at radius 1 is 1.67 bits per heavy atom. The van der Waals surface area contributed by atoms with E-state index >= 15 is 0 Å². The van der Waals surface area contributed by atoms with E-state index in [1.54, 1.807) is 0 Å². The lowest BCUT2D eigenvalue weighted by Gasteiger charge is -1.94. The summed E-state index contributed by atoms with van der Waals surface area (Å²) in [6.45, 7) is 1.52. The average molecular weight is 150 g/mol. The summed E-state index contributed by atoms with van der Waals surface area (Å²) in [5, 5.41) is 8.16. The number of carbonyl (C=O) groups is 1. The second kappa shape index (κ2) is 3.41. The van der Waals surface area contributed by atoms with Gasteiger partial charge in [0, 0.05) is 0 Å². The zero-order valence-electron chi connectivity index (χ0n) is 4.90. The van der Waals surface area contributed by atoms with Gasteiger partial charge in [0.15, 0.2) is 5.66 Å². The molecule has 0 saturated carbocycles. The van der Waals surface area contributed by atoms with Gasteiger partial charge in [0.1, 0.15) is 0 Å². The summed E-state index contributed by atoms with van der Waals surface area (Å²) in [4.78, 5) is 9.99. The molecule has 0 amide bonds. The SMILES string of the molecule is CC[C@@H](C(=O)O)P(=O)=O. The molecule has 0 rings (SSSR count). The normalized spacial score (nSPS) is 12.6. The monoisotopic (exact) mass is 150 g/mol. The van der Waals surface area contributed by atoms with E-state index < -0.39 is 19.3 Å². The van der Waals surface area contributed by atoms with Gasteiger partial charge in [-0.3, -0.25) is 4.79 Å². The molecule has 0 aliphatic rings. The zero-order chi connectivity index (χ0) is 7.44. The van der Waals surface area contributed by atoms with Gasteiger partial charge in [-0.15, -0.1) is 0 Å². The molecule has 1 N–H and O–H groups in total. The molecule has 0 aliphatic carbocycles. The van der Waals surface area contributed by atoms with Gasteiger partial charge in [-0.25, -0.2) is 9.13 Å². The summed E-state index contributed by atoms with van der Waals surface area (Å²) in [7, 11) is -2.80. The fourth-order valence-electron chi connectivity index (χ4n) is 0.414. The molecule has 0 aromatic carbocycles. The Hall–Kier alpha value is -0.630. The summed E-state index contributed by atoms with van der Waals surface area (Å²) in [6, 6.07) is 0. The largest absolute Gasteiger partial charge is 0.480 e. The average Bonchev–Trinajstić information content (AvgIpc) is 1.64. The van der Waals surface area contributed by atoms with Crippen LogP contribution < -0.4 is 0 Å². The summed E-state index contributed by atoms with van der Waals surface area (Å²) in [5.74, 6) is -1.27. The molecule has 52 valence electrons. The van der Waals surface area contributed by atoms with Crippen molar-refractivity contribution < 1.29 is 19.0 Å². The van der Waals surface area contributed by atoms with Crippen LogP contribution in [0.1, 0.15) is 13.3 Å². The fourth-order valence-corrected chi connectivity index (χ4v) is 0.892. The minimum Gasteiger partial charge on any atom is -0.480 e.